The van der Waals surface area contributed by atoms with E-state index in [1.54, 1.807) is 19.2 Å². The fourth-order valence-corrected chi connectivity index (χ4v) is 3.27. The zero-order chi connectivity index (χ0) is 17.3. The first-order valence-electron chi connectivity index (χ1n) is 7.09. The minimum absolute atomic E-state index is 0.109. The summed E-state index contributed by atoms with van der Waals surface area (Å²) in [5.74, 6) is -1.09. The summed E-state index contributed by atoms with van der Waals surface area (Å²) in [7, 11) is 1.29. The molecule has 24 heavy (non-hydrogen) atoms. The quantitative estimate of drug-likeness (QED) is 0.711. The number of hydrogen-bond donors (Lipinski definition) is 2. The Balaban J connectivity index is 1.74. The number of amides is 1. The smallest absolute Gasteiger partial charge is 0.350 e. The van der Waals surface area contributed by atoms with Crippen LogP contribution >= 0.6 is 11.3 Å². The predicted octanol–water partition coefficient (Wildman–Crippen LogP) is 3.04. The number of ether oxygens (including phenoxy) is 1. The maximum atomic E-state index is 13.2. The lowest BCUT2D eigenvalue weighted by Gasteiger charge is -2.01. The molecule has 0 aliphatic carbocycles. The number of aromatic amines is 1. The number of nitrogens with zero attached hydrogens (tertiary/aromatic N) is 1. The van der Waals surface area contributed by atoms with Gasteiger partial charge in [0.25, 0.3) is 0 Å². The zero-order valence-corrected chi connectivity index (χ0v) is 13.8. The van der Waals surface area contributed by atoms with E-state index in [1.165, 1.54) is 19.2 Å². The molecule has 0 radical (unpaired) electrons. The van der Waals surface area contributed by atoms with Crippen LogP contribution in [0.4, 0.5) is 9.52 Å². The first-order valence-corrected chi connectivity index (χ1v) is 7.90. The summed E-state index contributed by atoms with van der Waals surface area (Å²) in [5, 5.41) is 3.80. The number of benzene rings is 1. The van der Waals surface area contributed by atoms with Crippen molar-refractivity contribution in [3.05, 3.63) is 46.3 Å². The minimum atomic E-state index is -0.482. The number of nitrogens with one attached hydrogen (secondary N) is 2. The van der Waals surface area contributed by atoms with E-state index in [2.05, 4.69) is 20.0 Å². The molecule has 124 valence electrons. The van der Waals surface area contributed by atoms with Crippen LogP contribution in [0.15, 0.2) is 24.4 Å². The molecular formula is C16H14FN3O3S. The summed E-state index contributed by atoms with van der Waals surface area (Å²) < 4.78 is 17.8. The molecular weight excluding hydrogens is 333 g/mol. The maximum absolute atomic E-state index is 13.2. The van der Waals surface area contributed by atoms with Gasteiger partial charge in [-0.2, -0.15) is 0 Å². The third kappa shape index (κ3) is 3.13. The molecule has 0 fully saturated rings. The molecule has 1 amide bonds. The Morgan fingerprint density at radius 3 is 2.96 bits per heavy atom. The maximum Gasteiger partial charge on any atom is 0.350 e. The van der Waals surface area contributed by atoms with Crippen molar-refractivity contribution in [1.29, 1.82) is 0 Å². The number of methoxy groups -OCH3 is 1. The van der Waals surface area contributed by atoms with Gasteiger partial charge in [-0.1, -0.05) is 11.3 Å². The average Bonchev–Trinajstić information content (AvgIpc) is 3.10. The summed E-state index contributed by atoms with van der Waals surface area (Å²) >= 11 is 1.06. The van der Waals surface area contributed by atoms with Gasteiger partial charge in [-0.05, 0) is 30.7 Å². The number of halogens is 1. The van der Waals surface area contributed by atoms with E-state index in [0.717, 1.165) is 22.3 Å². The summed E-state index contributed by atoms with van der Waals surface area (Å²) in [6.45, 7) is 1.67. The van der Waals surface area contributed by atoms with E-state index in [1.807, 2.05) is 0 Å². The summed E-state index contributed by atoms with van der Waals surface area (Å²) in [6.07, 6.45) is 1.79. The number of carbonyl (C=O) groups is 2. The highest BCUT2D eigenvalue weighted by Crippen LogP contribution is 2.24. The van der Waals surface area contributed by atoms with Crippen molar-refractivity contribution in [1.82, 2.24) is 9.97 Å². The normalized spacial score (nSPS) is 10.8. The second-order valence-electron chi connectivity index (χ2n) is 5.15. The van der Waals surface area contributed by atoms with E-state index in [4.69, 9.17) is 0 Å². The molecule has 0 spiro atoms. The van der Waals surface area contributed by atoms with Gasteiger partial charge in [0, 0.05) is 17.1 Å². The Morgan fingerprint density at radius 1 is 1.42 bits per heavy atom. The Hall–Kier alpha value is -2.74. The molecule has 0 atom stereocenters. The van der Waals surface area contributed by atoms with Gasteiger partial charge in [-0.3, -0.25) is 4.79 Å². The van der Waals surface area contributed by atoms with E-state index < -0.39 is 5.97 Å². The van der Waals surface area contributed by atoms with Gasteiger partial charge in [0.05, 0.1) is 19.2 Å². The molecule has 8 heteroatoms. The van der Waals surface area contributed by atoms with Gasteiger partial charge in [0.2, 0.25) is 5.91 Å². The molecule has 2 aromatic heterocycles. The van der Waals surface area contributed by atoms with Crippen LogP contribution in [0.5, 0.6) is 0 Å². The van der Waals surface area contributed by atoms with Crippen LogP contribution in [-0.4, -0.2) is 29.0 Å². The van der Waals surface area contributed by atoms with Crippen LogP contribution in [0.3, 0.4) is 0 Å². The Morgan fingerprint density at radius 2 is 2.21 bits per heavy atom. The predicted molar refractivity (Wildman–Crippen MR) is 88.8 cm³/mol. The Labute approximate surface area is 140 Å². The van der Waals surface area contributed by atoms with Crippen molar-refractivity contribution in [2.24, 2.45) is 0 Å². The third-order valence-corrected chi connectivity index (χ3v) is 4.55. The summed E-state index contributed by atoms with van der Waals surface area (Å²) in [6, 6.07) is 4.36. The average molecular weight is 347 g/mol. The molecule has 0 bridgehead atoms. The fourth-order valence-electron chi connectivity index (χ4n) is 2.37. The monoisotopic (exact) mass is 347 g/mol. The summed E-state index contributed by atoms with van der Waals surface area (Å²) in [5.41, 5.74) is 1.89. The number of H-pyrrole nitrogens is 1. The van der Waals surface area contributed by atoms with E-state index >= 15 is 0 Å². The number of fused-ring (bicyclic) bond motifs is 1. The Kier molecular flexibility index (Phi) is 4.30. The van der Waals surface area contributed by atoms with Crippen molar-refractivity contribution in [3.63, 3.8) is 0 Å². The van der Waals surface area contributed by atoms with Crippen LogP contribution in [0.2, 0.25) is 0 Å². The van der Waals surface area contributed by atoms with Crippen molar-refractivity contribution in [2.75, 3.05) is 12.4 Å². The number of hydrogen-bond acceptors (Lipinski definition) is 5. The molecule has 0 aliphatic rings. The van der Waals surface area contributed by atoms with Gasteiger partial charge in [-0.25, -0.2) is 14.2 Å². The number of thiazole rings is 1. The van der Waals surface area contributed by atoms with E-state index in [0.29, 0.717) is 21.2 Å². The number of esters is 1. The van der Waals surface area contributed by atoms with Crippen molar-refractivity contribution in [2.45, 2.75) is 13.3 Å². The van der Waals surface area contributed by atoms with Gasteiger partial charge in [0.15, 0.2) is 5.13 Å². The molecule has 0 saturated heterocycles. The minimum Gasteiger partial charge on any atom is -0.465 e. The number of rotatable bonds is 4. The van der Waals surface area contributed by atoms with Crippen LogP contribution in [0.1, 0.15) is 20.9 Å². The van der Waals surface area contributed by atoms with Crippen LogP contribution in [-0.2, 0) is 16.0 Å². The lowest BCUT2D eigenvalue weighted by Crippen LogP contribution is -2.14. The second kappa shape index (κ2) is 6.40. The number of aromatic nitrogens is 2. The molecule has 0 aliphatic heterocycles. The first kappa shape index (κ1) is 16.1. The largest absolute Gasteiger partial charge is 0.465 e. The number of aryl methyl sites for hydroxylation is 1. The topological polar surface area (TPSA) is 84.1 Å². The van der Waals surface area contributed by atoms with Gasteiger partial charge in [0.1, 0.15) is 10.7 Å². The molecule has 3 rings (SSSR count). The van der Waals surface area contributed by atoms with Gasteiger partial charge >= 0.3 is 5.97 Å². The summed E-state index contributed by atoms with van der Waals surface area (Å²) in [4.78, 5) is 31.2. The second-order valence-corrected chi connectivity index (χ2v) is 6.15. The van der Waals surface area contributed by atoms with Crippen molar-refractivity contribution < 1.29 is 18.7 Å². The van der Waals surface area contributed by atoms with E-state index in [9.17, 15) is 14.0 Å². The molecule has 0 unspecified atom stereocenters. The SMILES string of the molecule is COC(=O)c1sc(NC(=O)Cc2c[nH]c3cc(F)ccc23)nc1C. The lowest BCUT2D eigenvalue weighted by atomic mass is 10.1. The third-order valence-electron chi connectivity index (χ3n) is 3.49. The zero-order valence-electron chi connectivity index (χ0n) is 13.0. The van der Waals surface area contributed by atoms with Crippen LogP contribution < -0.4 is 5.32 Å². The fraction of sp³-hybridized carbons (Fsp3) is 0.188. The molecule has 6 nitrogen and oxygen atoms in total. The van der Waals surface area contributed by atoms with E-state index in [-0.39, 0.29) is 18.1 Å². The first-order chi connectivity index (χ1) is 11.5. The highest BCUT2D eigenvalue weighted by atomic mass is 32.1. The van der Waals surface area contributed by atoms with Crippen LogP contribution in [0, 0.1) is 12.7 Å². The number of anilines is 1. The molecule has 0 saturated carbocycles. The van der Waals surface area contributed by atoms with Gasteiger partial charge in [-0.15, -0.1) is 0 Å². The molecule has 1 aromatic carbocycles. The molecule has 3 aromatic rings. The number of carbonyl (C=O) groups excluding carboxylic acids is 2. The highest BCUT2D eigenvalue weighted by molar-refractivity contribution is 7.17. The Bertz CT molecular complexity index is 932. The van der Waals surface area contributed by atoms with Crippen molar-refractivity contribution in [3.8, 4) is 0 Å². The van der Waals surface area contributed by atoms with Crippen molar-refractivity contribution >= 4 is 39.2 Å². The van der Waals surface area contributed by atoms with Gasteiger partial charge < -0.3 is 15.0 Å². The lowest BCUT2D eigenvalue weighted by molar-refractivity contribution is -0.115. The highest BCUT2D eigenvalue weighted by Gasteiger charge is 2.17. The standard InChI is InChI=1S/C16H14FN3O3S/c1-8-14(15(22)23-2)24-16(19-8)20-13(21)5-9-7-18-12-6-10(17)3-4-11(9)12/h3-4,6-7,18H,5H2,1-2H3,(H,19,20,21). The van der Waals surface area contributed by atoms with Crippen LogP contribution in [0.25, 0.3) is 10.9 Å². The molecule has 2 N–H and O–H groups in total. The molecule has 2 heterocycles.